The van der Waals surface area contributed by atoms with E-state index in [4.69, 9.17) is 5.11 Å². The van der Waals surface area contributed by atoms with E-state index in [1.54, 1.807) is 0 Å². The summed E-state index contributed by atoms with van der Waals surface area (Å²) in [4.78, 5) is 10.5. The van der Waals surface area contributed by atoms with Gasteiger partial charge in [0, 0.05) is 0 Å². The van der Waals surface area contributed by atoms with Crippen LogP contribution < -0.4 is 4.72 Å². The Morgan fingerprint density at radius 2 is 2.10 bits per heavy atom. The highest BCUT2D eigenvalue weighted by Crippen LogP contribution is 2.29. The van der Waals surface area contributed by atoms with Gasteiger partial charge in [-0.2, -0.15) is 0 Å². The summed E-state index contributed by atoms with van der Waals surface area (Å²) in [6, 6.07) is 3.72. The van der Waals surface area contributed by atoms with Crippen LogP contribution in [0, 0.1) is 12.7 Å². The van der Waals surface area contributed by atoms with Crippen LogP contribution in [-0.2, 0) is 10.0 Å². The predicted octanol–water partition coefficient (Wildman–Crippen LogP) is 3.46. The Hall–Kier alpha value is -1.45. The van der Waals surface area contributed by atoms with Crippen LogP contribution >= 0.6 is 27.3 Å². The lowest BCUT2D eigenvalue weighted by atomic mass is 10.3. The van der Waals surface area contributed by atoms with Crippen molar-refractivity contribution < 1.29 is 22.7 Å². The van der Waals surface area contributed by atoms with Crippen molar-refractivity contribution in [2.75, 3.05) is 4.72 Å². The number of hydrogen-bond acceptors (Lipinski definition) is 4. The Kier molecular flexibility index (Phi) is 4.35. The second kappa shape index (κ2) is 5.74. The van der Waals surface area contributed by atoms with Crippen LogP contribution in [-0.4, -0.2) is 19.5 Å². The zero-order valence-corrected chi connectivity index (χ0v) is 13.8. The molecule has 0 aliphatic carbocycles. The van der Waals surface area contributed by atoms with Gasteiger partial charge in [-0.3, -0.25) is 4.72 Å². The summed E-state index contributed by atoms with van der Waals surface area (Å²) in [5.41, 5.74) is 0.333. The summed E-state index contributed by atoms with van der Waals surface area (Å²) in [7, 11) is -4.11. The number of rotatable bonds is 4. The molecule has 0 fully saturated rings. The zero-order valence-electron chi connectivity index (χ0n) is 10.6. The third kappa shape index (κ3) is 3.25. The zero-order chi connectivity index (χ0) is 15.8. The maximum Gasteiger partial charge on any atom is 0.347 e. The molecule has 0 unspecified atom stereocenters. The lowest BCUT2D eigenvalue weighted by Gasteiger charge is -2.09. The number of sulfonamides is 1. The molecule has 1 heterocycles. The molecular weight excluding hydrogens is 385 g/mol. The summed E-state index contributed by atoms with van der Waals surface area (Å²) in [5, 5.41) is 10.5. The number of benzene rings is 1. The van der Waals surface area contributed by atoms with E-state index in [9.17, 15) is 17.6 Å². The van der Waals surface area contributed by atoms with Gasteiger partial charge in [-0.05, 0) is 52.0 Å². The van der Waals surface area contributed by atoms with Crippen molar-refractivity contribution in [2.45, 2.75) is 11.8 Å². The number of aromatic carboxylic acids is 1. The van der Waals surface area contributed by atoms with E-state index in [-0.39, 0.29) is 19.9 Å². The molecule has 112 valence electrons. The SMILES string of the molecule is Cc1csc(C(=O)O)c1S(=O)(=O)Nc1ccc(Br)c(F)c1. The van der Waals surface area contributed by atoms with Gasteiger partial charge in [-0.25, -0.2) is 17.6 Å². The molecule has 0 amide bonds. The van der Waals surface area contributed by atoms with Crippen molar-refractivity contribution in [1.29, 1.82) is 0 Å². The third-order valence-electron chi connectivity index (χ3n) is 2.55. The van der Waals surface area contributed by atoms with Crippen LogP contribution in [0.15, 0.2) is 32.9 Å². The van der Waals surface area contributed by atoms with Crippen molar-refractivity contribution in [3.63, 3.8) is 0 Å². The molecule has 0 saturated heterocycles. The average molecular weight is 394 g/mol. The van der Waals surface area contributed by atoms with Crippen LogP contribution in [0.1, 0.15) is 15.2 Å². The van der Waals surface area contributed by atoms with E-state index in [0.717, 1.165) is 17.4 Å². The largest absolute Gasteiger partial charge is 0.477 e. The first-order valence-electron chi connectivity index (χ1n) is 5.51. The lowest BCUT2D eigenvalue weighted by molar-refractivity contribution is 0.0698. The molecule has 0 spiro atoms. The first-order valence-corrected chi connectivity index (χ1v) is 8.67. The number of hydrogen-bond donors (Lipinski definition) is 2. The highest BCUT2D eigenvalue weighted by atomic mass is 79.9. The molecule has 2 N–H and O–H groups in total. The minimum absolute atomic E-state index is 0.0117. The molecule has 0 aliphatic heterocycles. The molecule has 0 atom stereocenters. The number of anilines is 1. The van der Waals surface area contributed by atoms with Gasteiger partial charge < -0.3 is 5.11 Å². The highest BCUT2D eigenvalue weighted by molar-refractivity contribution is 9.10. The van der Waals surface area contributed by atoms with E-state index in [2.05, 4.69) is 20.7 Å². The number of carbonyl (C=O) groups is 1. The summed E-state index contributed by atoms with van der Waals surface area (Å²) >= 11 is 3.79. The fourth-order valence-electron chi connectivity index (χ4n) is 1.68. The molecule has 0 saturated carbocycles. The van der Waals surface area contributed by atoms with Gasteiger partial charge in [-0.1, -0.05) is 0 Å². The fourth-order valence-corrected chi connectivity index (χ4v) is 4.61. The van der Waals surface area contributed by atoms with E-state index < -0.39 is 21.8 Å². The van der Waals surface area contributed by atoms with Gasteiger partial charge in [0.25, 0.3) is 10.0 Å². The van der Waals surface area contributed by atoms with E-state index >= 15 is 0 Å². The predicted molar refractivity (Wildman–Crippen MR) is 80.9 cm³/mol. The molecule has 0 bridgehead atoms. The maximum atomic E-state index is 13.4. The molecule has 5 nitrogen and oxygen atoms in total. The smallest absolute Gasteiger partial charge is 0.347 e. The molecule has 21 heavy (non-hydrogen) atoms. The Balaban J connectivity index is 2.45. The molecule has 0 aliphatic rings. The van der Waals surface area contributed by atoms with Gasteiger partial charge in [0.2, 0.25) is 0 Å². The summed E-state index contributed by atoms with van der Waals surface area (Å²) < 4.78 is 40.4. The number of halogens is 2. The van der Waals surface area contributed by atoms with Gasteiger partial charge >= 0.3 is 5.97 Å². The first-order chi connectivity index (χ1) is 9.72. The van der Waals surface area contributed by atoms with Gasteiger partial charge in [0.05, 0.1) is 10.2 Å². The summed E-state index contributed by atoms with van der Waals surface area (Å²) in [6.45, 7) is 1.50. The average Bonchev–Trinajstić information content (AvgIpc) is 2.76. The normalized spacial score (nSPS) is 11.4. The highest BCUT2D eigenvalue weighted by Gasteiger charge is 2.27. The van der Waals surface area contributed by atoms with Crippen LogP contribution in [0.2, 0.25) is 0 Å². The Morgan fingerprint density at radius 3 is 2.67 bits per heavy atom. The monoisotopic (exact) mass is 393 g/mol. The van der Waals surface area contributed by atoms with Crippen LogP contribution in [0.3, 0.4) is 0 Å². The number of thiophene rings is 1. The van der Waals surface area contributed by atoms with Gasteiger partial charge in [0.1, 0.15) is 15.6 Å². The topological polar surface area (TPSA) is 83.5 Å². The quantitative estimate of drug-likeness (QED) is 0.832. The third-order valence-corrected chi connectivity index (χ3v) is 5.98. The molecule has 0 radical (unpaired) electrons. The number of carboxylic acids is 1. The minimum atomic E-state index is -4.11. The van der Waals surface area contributed by atoms with Gasteiger partial charge in [0.15, 0.2) is 0 Å². The van der Waals surface area contributed by atoms with Crippen molar-refractivity contribution >= 4 is 48.9 Å². The minimum Gasteiger partial charge on any atom is -0.477 e. The molecule has 2 aromatic rings. The molecule has 1 aromatic carbocycles. The maximum absolute atomic E-state index is 13.4. The van der Waals surface area contributed by atoms with Crippen molar-refractivity contribution in [3.8, 4) is 0 Å². The van der Waals surface area contributed by atoms with E-state index in [1.807, 2.05) is 0 Å². The van der Waals surface area contributed by atoms with E-state index in [0.29, 0.717) is 5.56 Å². The lowest BCUT2D eigenvalue weighted by Crippen LogP contribution is -2.16. The second-order valence-electron chi connectivity index (χ2n) is 4.12. The molecular formula is C12H9BrFNO4S2. The summed E-state index contributed by atoms with van der Waals surface area (Å²) in [6.07, 6.45) is 0. The number of nitrogens with one attached hydrogen (secondary N) is 1. The van der Waals surface area contributed by atoms with Crippen LogP contribution in [0.4, 0.5) is 10.1 Å². The number of carboxylic acid groups (broad SMARTS) is 1. The summed E-state index contributed by atoms with van der Waals surface area (Å²) in [5.74, 6) is -1.95. The van der Waals surface area contributed by atoms with Crippen molar-refractivity contribution in [1.82, 2.24) is 0 Å². The fraction of sp³-hybridized carbons (Fsp3) is 0.0833. The molecule has 9 heteroatoms. The Morgan fingerprint density at radius 1 is 1.43 bits per heavy atom. The standard InChI is InChI=1S/C12H9BrFNO4S2/c1-6-5-20-10(12(16)17)11(6)21(18,19)15-7-2-3-8(13)9(14)4-7/h2-5,15H,1H3,(H,16,17). The van der Waals surface area contributed by atoms with Crippen LogP contribution in [0.5, 0.6) is 0 Å². The first kappa shape index (κ1) is 15.9. The van der Waals surface area contributed by atoms with Crippen molar-refractivity contribution in [2.24, 2.45) is 0 Å². The van der Waals surface area contributed by atoms with Crippen molar-refractivity contribution in [3.05, 3.63) is 44.3 Å². The van der Waals surface area contributed by atoms with E-state index in [1.165, 1.54) is 24.4 Å². The number of aryl methyl sites for hydroxylation is 1. The second-order valence-corrected chi connectivity index (χ2v) is 7.47. The van der Waals surface area contributed by atoms with Gasteiger partial charge in [-0.15, -0.1) is 11.3 Å². The Bertz CT molecular complexity index is 817. The van der Waals surface area contributed by atoms with Crippen LogP contribution in [0.25, 0.3) is 0 Å². The Labute approximate surface area is 132 Å². The molecule has 2 rings (SSSR count). The molecule has 1 aromatic heterocycles.